The molecule has 2 aliphatic carbocycles. The lowest BCUT2D eigenvalue weighted by Crippen LogP contribution is -2.33. The molecule has 6 atom stereocenters. The molecule has 0 aromatic carbocycles. The van der Waals surface area contributed by atoms with Gasteiger partial charge in [-0.2, -0.15) is 0 Å². The van der Waals surface area contributed by atoms with Gasteiger partial charge < -0.3 is 14.9 Å². The third-order valence-electron chi connectivity index (χ3n) is 4.70. The zero-order chi connectivity index (χ0) is 13.0. The first kappa shape index (κ1) is 11.9. The standard InChI is InChI=1S/C14H18O4/c1-6-3-11(16)9-5-12(17)18-14(9)13-7(2)10(15)4-8(6)13/h8-11,13-16H,1-5H2/t8-,9+,10-,11-,13-,14-/m0/s1. The van der Waals surface area contributed by atoms with Crippen molar-refractivity contribution >= 4 is 5.97 Å². The van der Waals surface area contributed by atoms with Crippen LogP contribution in [-0.4, -0.2) is 34.5 Å². The van der Waals surface area contributed by atoms with Crippen molar-refractivity contribution in [1.29, 1.82) is 0 Å². The van der Waals surface area contributed by atoms with Gasteiger partial charge in [-0.3, -0.25) is 4.79 Å². The van der Waals surface area contributed by atoms with Crippen LogP contribution in [0.15, 0.2) is 24.3 Å². The summed E-state index contributed by atoms with van der Waals surface area (Å²) in [7, 11) is 0. The van der Waals surface area contributed by atoms with Gasteiger partial charge in [0.05, 0.1) is 18.6 Å². The topological polar surface area (TPSA) is 66.8 Å². The van der Waals surface area contributed by atoms with E-state index in [4.69, 9.17) is 4.74 Å². The van der Waals surface area contributed by atoms with E-state index in [2.05, 4.69) is 13.2 Å². The van der Waals surface area contributed by atoms with Gasteiger partial charge >= 0.3 is 5.97 Å². The van der Waals surface area contributed by atoms with E-state index in [1.54, 1.807) is 0 Å². The zero-order valence-corrected chi connectivity index (χ0v) is 10.2. The molecule has 1 aliphatic heterocycles. The molecule has 0 aromatic heterocycles. The molecule has 0 aromatic rings. The fourth-order valence-corrected chi connectivity index (χ4v) is 3.74. The Morgan fingerprint density at radius 3 is 2.67 bits per heavy atom. The minimum absolute atomic E-state index is 0.0723. The van der Waals surface area contributed by atoms with Crippen molar-refractivity contribution in [3.8, 4) is 0 Å². The van der Waals surface area contributed by atoms with E-state index >= 15 is 0 Å². The van der Waals surface area contributed by atoms with Gasteiger partial charge in [-0.15, -0.1) is 0 Å². The van der Waals surface area contributed by atoms with E-state index in [9.17, 15) is 15.0 Å². The predicted molar refractivity (Wildman–Crippen MR) is 64.5 cm³/mol. The lowest BCUT2D eigenvalue weighted by atomic mass is 9.82. The fourth-order valence-electron chi connectivity index (χ4n) is 3.74. The summed E-state index contributed by atoms with van der Waals surface area (Å²) in [5.41, 5.74) is 1.66. The average Bonchev–Trinajstić information content (AvgIpc) is 2.78. The molecule has 0 unspecified atom stereocenters. The first-order chi connectivity index (χ1) is 8.49. The lowest BCUT2D eigenvalue weighted by Gasteiger charge is -2.26. The third-order valence-corrected chi connectivity index (χ3v) is 4.70. The quantitative estimate of drug-likeness (QED) is 0.493. The smallest absolute Gasteiger partial charge is 0.306 e. The van der Waals surface area contributed by atoms with Crippen LogP contribution in [0.3, 0.4) is 0 Å². The molecule has 3 aliphatic rings. The Bertz CT molecular complexity index is 428. The van der Waals surface area contributed by atoms with Gasteiger partial charge in [0.25, 0.3) is 0 Å². The number of ether oxygens (including phenoxy) is 1. The molecule has 4 heteroatoms. The lowest BCUT2D eigenvalue weighted by molar-refractivity contribution is -0.143. The molecule has 2 saturated carbocycles. The number of fused-ring (bicyclic) bond motifs is 3. The van der Waals surface area contributed by atoms with Crippen molar-refractivity contribution < 1.29 is 19.7 Å². The molecule has 3 fully saturated rings. The molecule has 0 radical (unpaired) electrons. The van der Waals surface area contributed by atoms with Crippen LogP contribution in [0.5, 0.6) is 0 Å². The fraction of sp³-hybridized carbons (Fsp3) is 0.643. The van der Waals surface area contributed by atoms with E-state index in [0.717, 1.165) is 11.1 Å². The second-order valence-electron chi connectivity index (χ2n) is 5.71. The molecule has 0 amide bonds. The first-order valence-corrected chi connectivity index (χ1v) is 6.41. The van der Waals surface area contributed by atoms with Crippen LogP contribution in [0.25, 0.3) is 0 Å². The minimum Gasteiger partial charge on any atom is -0.461 e. The average molecular weight is 250 g/mol. The van der Waals surface area contributed by atoms with Gasteiger partial charge in [0.2, 0.25) is 0 Å². The Kier molecular flexibility index (Phi) is 2.61. The number of esters is 1. The van der Waals surface area contributed by atoms with Crippen LogP contribution >= 0.6 is 0 Å². The van der Waals surface area contributed by atoms with Gasteiger partial charge in [0.15, 0.2) is 0 Å². The minimum atomic E-state index is -0.579. The number of aliphatic hydroxyl groups excluding tert-OH is 2. The van der Waals surface area contributed by atoms with E-state index in [1.165, 1.54) is 0 Å². The van der Waals surface area contributed by atoms with E-state index < -0.39 is 12.2 Å². The van der Waals surface area contributed by atoms with Crippen LogP contribution in [0.1, 0.15) is 19.3 Å². The highest BCUT2D eigenvalue weighted by Crippen LogP contribution is 2.50. The number of hydrogen-bond acceptors (Lipinski definition) is 4. The van der Waals surface area contributed by atoms with Gasteiger partial charge in [0.1, 0.15) is 6.10 Å². The predicted octanol–water partition coefficient (Wildman–Crippen LogP) is 0.792. The summed E-state index contributed by atoms with van der Waals surface area (Å²) in [5.74, 6) is -0.458. The summed E-state index contributed by atoms with van der Waals surface area (Å²) in [4.78, 5) is 11.5. The molecule has 0 spiro atoms. The highest BCUT2D eigenvalue weighted by Gasteiger charge is 2.53. The van der Waals surface area contributed by atoms with Gasteiger partial charge in [-0.25, -0.2) is 0 Å². The molecule has 1 heterocycles. The molecule has 98 valence electrons. The second-order valence-corrected chi connectivity index (χ2v) is 5.71. The Morgan fingerprint density at radius 2 is 1.94 bits per heavy atom. The van der Waals surface area contributed by atoms with Crippen LogP contribution in [0, 0.1) is 17.8 Å². The van der Waals surface area contributed by atoms with Gasteiger partial charge in [0, 0.05) is 11.8 Å². The van der Waals surface area contributed by atoms with E-state index in [1.807, 2.05) is 0 Å². The van der Waals surface area contributed by atoms with Crippen LogP contribution in [0.4, 0.5) is 0 Å². The Labute approximate surface area is 106 Å². The van der Waals surface area contributed by atoms with Gasteiger partial charge in [-0.05, 0) is 24.3 Å². The number of hydrogen-bond donors (Lipinski definition) is 2. The number of carbonyl (C=O) groups excluding carboxylic acids is 1. The molecule has 2 N–H and O–H groups in total. The number of rotatable bonds is 0. The van der Waals surface area contributed by atoms with Crippen molar-refractivity contribution in [2.24, 2.45) is 17.8 Å². The van der Waals surface area contributed by atoms with E-state index in [-0.39, 0.29) is 36.2 Å². The molecule has 4 nitrogen and oxygen atoms in total. The van der Waals surface area contributed by atoms with Gasteiger partial charge in [-0.1, -0.05) is 18.7 Å². The molecule has 0 bridgehead atoms. The number of carbonyl (C=O) groups is 1. The normalized spacial score (nSPS) is 47.6. The van der Waals surface area contributed by atoms with Crippen molar-refractivity contribution in [3.05, 3.63) is 24.3 Å². The van der Waals surface area contributed by atoms with Crippen molar-refractivity contribution in [3.63, 3.8) is 0 Å². The van der Waals surface area contributed by atoms with E-state index in [0.29, 0.717) is 12.8 Å². The van der Waals surface area contributed by atoms with Crippen LogP contribution < -0.4 is 0 Å². The largest absolute Gasteiger partial charge is 0.461 e. The summed E-state index contributed by atoms with van der Waals surface area (Å²) in [6, 6.07) is 0. The third kappa shape index (κ3) is 1.56. The SMILES string of the molecule is C=C1[C@@H]2[C@H]3OC(=O)C[C@@H]3[C@@H](O)CC(=C)[C@@H]2C[C@@H]1O. The van der Waals surface area contributed by atoms with Crippen molar-refractivity contribution in [1.82, 2.24) is 0 Å². The Balaban J connectivity index is 2.00. The maximum atomic E-state index is 11.5. The first-order valence-electron chi connectivity index (χ1n) is 6.41. The monoisotopic (exact) mass is 250 g/mol. The summed E-state index contributed by atoms with van der Waals surface area (Å²) >= 11 is 0. The zero-order valence-electron chi connectivity index (χ0n) is 10.2. The maximum absolute atomic E-state index is 11.5. The Morgan fingerprint density at radius 1 is 1.22 bits per heavy atom. The summed E-state index contributed by atoms with van der Waals surface area (Å²) in [6.07, 6.45) is -0.154. The summed E-state index contributed by atoms with van der Waals surface area (Å²) in [5, 5.41) is 20.1. The van der Waals surface area contributed by atoms with Crippen molar-refractivity contribution in [2.45, 2.75) is 37.6 Å². The number of aliphatic hydroxyl groups is 2. The second kappa shape index (κ2) is 3.93. The van der Waals surface area contributed by atoms with Crippen LogP contribution in [-0.2, 0) is 9.53 Å². The van der Waals surface area contributed by atoms with Crippen molar-refractivity contribution in [2.75, 3.05) is 0 Å². The maximum Gasteiger partial charge on any atom is 0.306 e. The molecule has 18 heavy (non-hydrogen) atoms. The molecule has 1 saturated heterocycles. The summed E-state index contributed by atoms with van der Waals surface area (Å²) < 4.78 is 5.38. The summed E-state index contributed by atoms with van der Waals surface area (Å²) in [6.45, 7) is 7.97. The highest BCUT2D eigenvalue weighted by molar-refractivity contribution is 5.72. The Hall–Kier alpha value is -1.13. The van der Waals surface area contributed by atoms with Crippen LogP contribution in [0.2, 0.25) is 0 Å². The highest BCUT2D eigenvalue weighted by atomic mass is 16.6. The molecular weight excluding hydrogens is 232 g/mol. The molecular formula is C14H18O4. The molecule has 3 rings (SSSR count).